The number of pyridine rings is 1. The molecule has 0 bridgehead atoms. The van der Waals surface area contributed by atoms with Crippen LogP contribution in [0.2, 0.25) is 5.02 Å². The molecule has 0 aliphatic heterocycles. The molecule has 2 aromatic rings. The van der Waals surface area contributed by atoms with E-state index in [1.807, 2.05) is 24.3 Å². The molecule has 0 fully saturated rings. The Hall–Kier alpha value is -1.87. The summed E-state index contributed by atoms with van der Waals surface area (Å²) in [5, 5.41) is 10.3. The number of carboxylic acids is 1. The lowest BCUT2D eigenvalue weighted by atomic mass is 9.79. The standard InChI is InChI=1S/C16H14ClNO2/c17-14-10-18-6-5-13(14)9-16(15(19)20)7-11-3-1-2-4-12(11)8-16/h1-6,10H,7-9H2,(H,19,20). The minimum atomic E-state index is -0.797. The van der Waals surface area contributed by atoms with E-state index in [0.717, 1.165) is 16.7 Å². The van der Waals surface area contributed by atoms with Gasteiger partial charge >= 0.3 is 5.97 Å². The van der Waals surface area contributed by atoms with Gasteiger partial charge in [0.25, 0.3) is 0 Å². The topological polar surface area (TPSA) is 50.2 Å². The van der Waals surface area contributed by atoms with E-state index in [9.17, 15) is 9.90 Å². The van der Waals surface area contributed by atoms with Gasteiger partial charge in [0.15, 0.2) is 0 Å². The molecule has 0 saturated carbocycles. The molecule has 1 aromatic heterocycles. The summed E-state index contributed by atoms with van der Waals surface area (Å²) < 4.78 is 0. The zero-order chi connectivity index (χ0) is 14.2. The molecule has 1 aliphatic rings. The van der Waals surface area contributed by atoms with E-state index in [2.05, 4.69) is 4.98 Å². The normalized spacial score (nSPS) is 15.8. The average Bonchev–Trinajstić information content (AvgIpc) is 2.81. The second-order valence-corrected chi connectivity index (χ2v) is 5.76. The molecule has 1 aromatic carbocycles. The van der Waals surface area contributed by atoms with Crippen molar-refractivity contribution in [1.82, 2.24) is 4.98 Å². The van der Waals surface area contributed by atoms with Gasteiger partial charge in [-0.2, -0.15) is 0 Å². The largest absolute Gasteiger partial charge is 0.481 e. The Labute approximate surface area is 122 Å². The van der Waals surface area contributed by atoms with E-state index in [0.29, 0.717) is 24.3 Å². The van der Waals surface area contributed by atoms with Crippen molar-refractivity contribution in [2.75, 3.05) is 0 Å². The number of aliphatic carboxylic acids is 1. The van der Waals surface area contributed by atoms with Crippen LogP contribution in [0.3, 0.4) is 0 Å². The van der Waals surface area contributed by atoms with E-state index < -0.39 is 11.4 Å². The molecule has 102 valence electrons. The fourth-order valence-corrected chi connectivity index (χ4v) is 3.14. The Morgan fingerprint density at radius 1 is 1.25 bits per heavy atom. The first-order valence-corrected chi connectivity index (χ1v) is 6.87. The summed E-state index contributed by atoms with van der Waals surface area (Å²) in [7, 11) is 0. The van der Waals surface area contributed by atoms with Crippen LogP contribution in [0, 0.1) is 5.41 Å². The lowest BCUT2D eigenvalue weighted by Gasteiger charge is -2.24. The predicted octanol–water partition coefficient (Wildman–Crippen LogP) is 3.15. The molecule has 0 saturated heterocycles. The summed E-state index contributed by atoms with van der Waals surface area (Å²) in [4.78, 5) is 15.8. The molecule has 20 heavy (non-hydrogen) atoms. The Morgan fingerprint density at radius 2 is 1.90 bits per heavy atom. The number of fused-ring (bicyclic) bond motifs is 1. The van der Waals surface area contributed by atoms with Gasteiger partial charge in [-0.1, -0.05) is 35.9 Å². The maximum absolute atomic E-state index is 11.8. The van der Waals surface area contributed by atoms with Crippen LogP contribution in [-0.2, 0) is 24.1 Å². The van der Waals surface area contributed by atoms with E-state index in [4.69, 9.17) is 11.6 Å². The Bertz CT molecular complexity index is 644. The summed E-state index contributed by atoms with van der Waals surface area (Å²) >= 11 is 6.13. The van der Waals surface area contributed by atoms with E-state index in [1.54, 1.807) is 18.5 Å². The van der Waals surface area contributed by atoms with Crippen LogP contribution in [0.4, 0.5) is 0 Å². The van der Waals surface area contributed by atoms with Gasteiger partial charge in [0.2, 0.25) is 0 Å². The van der Waals surface area contributed by atoms with Gasteiger partial charge in [-0.25, -0.2) is 0 Å². The van der Waals surface area contributed by atoms with Crippen LogP contribution in [0.1, 0.15) is 16.7 Å². The third-order valence-corrected chi connectivity index (χ3v) is 4.36. The van der Waals surface area contributed by atoms with Gasteiger partial charge in [0, 0.05) is 12.4 Å². The molecule has 1 heterocycles. The fraction of sp³-hybridized carbons (Fsp3) is 0.250. The SMILES string of the molecule is O=C(O)C1(Cc2ccncc2Cl)Cc2ccccc2C1. The average molecular weight is 288 g/mol. The molecule has 3 nitrogen and oxygen atoms in total. The zero-order valence-corrected chi connectivity index (χ0v) is 11.6. The van der Waals surface area contributed by atoms with Crippen molar-refractivity contribution in [3.63, 3.8) is 0 Å². The summed E-state index contributed by atoms with van der Waals surface area (Å²) in [5.41, 5.74) is 2.30. The summed E-state index contributed by atoms with van der Waals surface area (Å²) in [6.07, 6.45) is 4.75. The van der Waals surface area contributed by atoms with Crippen molar-refractivity contribution in [3.8, 4) is 0 Å². The van der Waals surface area contributed by atoms with Crippen molar-refractivity contribution >= 4 is 17.6 Å². The minimum absolute atomic E-state index is 0.429. The van der Waals surface area contributed by atoms with Crippen LogP contribution in [-0.4, -0.2) is 16.1 Å². The first kappa shape index (κ1) is 13.1. The molecule has 0 atom stereocenters. The molecular weight excluding hydrogens is 274 g/mol. The van der Waals surface area contributed by atoms with Crippen molar-refractivity contribution < 1.29 is 9.90 Å². The summed E-state index contributed by atoms with van der Waals surface area (Å²) in [5.74, 6) is -0.762. The highest BCUT2D eigenvalue weighted by atomic mass is 35.5. The van der Waals surface area contributed by atoms with Crippen LogP contribution in [0.25, 0.3) is 0 Å². The monoisotopic (exact) mass is 287 g/mol. The van der Waals surface area contributed by atoms with Gasteiger partial charge in [0.1, 0.15) is 0 Å². The second kappa shape index (κ2) is 4.91. The number of carbonyl (C=O) groups is 1. The lowest BCUT2D eigenvalue weighted by molar-refractivity contribution is -0.148. The fourth-order valence-electron chi connectivity index (χ4n) is 2.96. The molecular formula is C16H14ClNO2. The molecule has 0 spiro atoms. The minimum Gasteiger partial charge on any atom is -0.481 e. The quantitative estimate of drug-likeness (QED) is 0.943. The molecule has 0 radical (unpaired) electrons. The Balaban J connectivity index is 1.96. The Morgan fingerprint density at radius 3 is 2.45 bits per heavy atom. The van der Waals surface area contributed by atoms with Crippen LogP contribution >= 0.6 is 11.6 Å². The molecule has 0 amide bonds. The predicted molar refractivity (Wildman–Crippen MR) is 76.9 cm³/mol. The third-order valence-electron chi connectivity index (χ3n) is 4.02. The van der Waals surface area contributed by atoms with Gasteiger partial charge in [-0.15, -0.1) is 0 Å². The number of aromatic nitrogens is 1. The number of benzene rings is 1. The van der Waals surface area contributed by atoms with Gasteiger partial charge in [0.05, 0.1) is 10.4 Å². The maximum Gasteiger partial charge on any atom is 0.310 e. The van der Waals surface area contributed by atoms with Crippen molar-refractivity contribution in [2.24, 2.45) is 5.41 Å². The van der Waals surface area contributed by atoms with Crippen LogP contribution < -0.4 is 0 Å². The van der Waals surface area contributed by atoms with Gasteiger partial charge in [-0.05, 0) is 42.0 Å². The summed E-state index contributed by atoms with van der Waals surface area (Å²) in [6.45, 7) is 0. The van der Waals surface area contributed by atoms with Crippen molar-refractivity contribution in [2.45, 2.75) is 19.3 Å². The highest BCUT2D eigenvalue weighted by Crippen LogP contribution is 2.40. The first-order valence-electron chi connectivity index (χ1n) is 6.49. The number of hydrogen-bond donors (Lipinski definition) is 1. The highest BCUT2D eigenvalue weighted by molar-refractivity contribution is 6.31. The number of rotatable bonds is 3. The summed E-state index contributed by atoms with van der Waals surface area (Å²) in [6, 6.07) is 9.73. The number of halogens is 1. The zero-order valence-electron chi connectivity index (χ0n) is 10.8. The smallest absolute Gasteiger partial charge is 0.310 e. The van der Waals surface area contributed by atoms with Gasteiger partial charge < -0.3 is 5.11 Å². The number of hydrogen-bond acceptors (Lipinski definition) is 2. The lowest BCUT2D eigenvalue weighted by Crippen LogP contribution is -2.34. The van der Waals surface area contributed by atoms with Crippen LogP contribution in [0.5, 0.6) is 0 Å². The molecule has 4 heteroatoms. The molecule has 0 unspecified atom stereocenters. The molecule has 3 rings (SSSR count). The van der Waals surface area contributed by atoms with Crippen molar-refractivity contribution in [1.29, 1.82) is 0 Å². The first-order chi connectivity index (χ1) is 9.61. The molecule has 1 aliphatic carbocycles. The van der Waals surface area contributed by atoms with E-state index in [1.165, 1.54) is 0 Å². The van der Waals surface area contributed by atoms with Gasteiger partial charge in [-0.3, -0.25) is 9.78 Å². The second-order valence-electron chi connectivity index (χ2n) is 5.35. The Kier molecular flexibility index (Phi) is 3.22. The highest BCUT2D eigenvalue weighted by Gasteiger charge is 2.44. The third kappa shape index (κ3) is 2.18. The number of nitrogens with zero attached hydrogens (tertiary/aromatic N) is 1. The van der Waals surface area contributed by atoms with E-state index in [-0.39, 0.29) is 0 Å². The maximum atomic E-state index is 11.8. The number of carboxylic acid groups (broad SMARTS) is 1. The molecule has 1 N–H and O–H groups in total. The van der Waals surface area contributed by atoms with Crippen LogP contribution in [0.15, 0.2) is 42.7 Å². The van der Waals surface area contributed by atoms with Crippen molar-refractivity contribution in [3.05, 3.63) is 64.4 Å². The van der Waals surface area contributed by atoms with E-state index >= 15 is 0 Å².